The van der Waals surface area contributed by atoms with E-state index in [0.717, 1.165) is 29.5 Å². The van der Waals surface area contributed by atoms with Crippen LogP contribution in [0, 0.1) is 17.8 Å². The van der Waals surface area contributed by atoms with Gasteiger partial charge in [-0.25, -0.2) is 0 Å². The average molecular weight is 312 g/mol. The zero-order chi connectivity index (χ0) is 12.1. The molecule has 0 N–H and O–H groups in total. The largest absolute Gasteiger partial charge is 1.00 e. The van der Waals surface area contributed by atoms with Crippen LogP contribution in [-0.2, 0) is 0 Å². The highest BCUT2D eigenvalue weighted by atomic mass is 79.9. The molecule has 2 saturated carbocycles. The molecule has 1 atom stereocenters. The molecule has 2 aliphatic rings. The van der Waals surface area contributed by atoms with Gasteiger partial charge >= 0.3 is 0 Å². The lowest BCUT2D eigenvalue weighted by Crippen LogP contribution is -3.00. The Kier molecular flexibility index (Phi) is 6.46. The molecular weight excluding hydrogens is 286 g/mol. The first-order valence-electron chi connectivity index (χ1n) is 7.18. The second-order valence-corrected chi connectivity index (χ2v) is 6.00. The Hall–Kier alpha value is -0.260. The maximum atomic E-state index is 3.93. The van der Waals surface area contributed by atoms with Crippen LogP contribution < -0.4 is 17.0 Å². The number of quaternary nitrogens is 1. The molecule has 18 heavy (non-hydrogen) atoms. The number of nitrogens with zero attached hydrogens (tertiary/aromatic N) is 1. The predicted molar refractivity (Wildman–Crippen MR) is 73.5 cm³/mol. The summed E-state index contributed by atoms with van der Waals surface area (Å²) in [5, 5.41) is 0. The van der Waals surface area contributed by atoms with E-state index >= 15 is 0 Å². The maximum Gasteiger partial charge on any atom is 0.141 e. The molecule has 0 aromatic heterocycles. The fourth-order valence-corrected chi connectivity index (χ4v) is 2.94. The van der Waals surface area contributed by atoms with Crippen molar-refractivity contribution >= 4 is 0 Å². The summed E-state index contributed by atoms with van der Waals surface area (Å²) in [6.45, 7) is 6.03. The second-order valence-electron chi connectivity index (χ2n) is 6.00. The molecule has 0 aromatic rings. The minimum atomic E-state index is 0. The molecule has 0 bridgehead atoms. The Morgan fingerprint density at radius 2 is 1.83 bits per heavy atom. The smallest absolute Gasteiger partial charge is 0.141 e. The van der Waals surface area contributed by atoms with E-state index in [1.54, 1.807) is 0 Å². The molecule has 0 heterocycles. The topological polar surface area (TPSA) is 0 Å². The van der Waals surface area contributed by atoms with Crippen LogP contribution in [0.15, 0.2) is 12.7 Å². The lowest BCUT2D eigenvalue weighted by molar-refractivity contribution is -0.922. The van der Waals surface area contributed by atoms with E-state index in [9.17, 15) is 0 Å². The highest BCUT2D eigenvalue weighted by Crippen LogP contribution is 2.28. The van der Waals surface area contributed by atoms with Crippen LogP contribution in [-0.4, -0.2) is 30.7 Å². The van der Waals surface area contributed by atoms with Crippen LogP contribution in [0.4, 0.5) is 0 Å². The quantitative estimate of drug-likeness (QED) is 0.400. The van der Waals surface area contributed by atoms with Gasteiger partial charge in [0.25, 0.3) is 0 Å². The van der Waals surface area contributed by atoms with Crippen molar-refractivity contribution in [3.05, 3.63) is 12.7 Å². The van der Waals surface area contributed by atoms with E-state index in [1.807, 2.05) is 0 Å². The molecule has 0 spiro atoms. The summed E-state index contributed by atoms with van der Waals surface area (Å²) in [6.07, 6.45) is 11.8. The summed E-state index contributed by atoms with van der Waals surface area (Å²) in [6, 6.07) is 0.815. The number of likely N-dealkylation sites (N-methyl/N-ethyl adjacent to an activating group) is 1. The molecule has 1 unspecified atom stereocenters. The Balaban J connectivity index is 0.00000162. The van der Waals surface area contributed by atoms with Gasteiger partial charge in [-0.15, -0.1) is 0 Å². The third-order valence-corrected chi connectivity index (χ3v) is 4.33. The summed E-state index contributed by atoms with van der Waals surface area (Å²) >= 11 is 0. The van der Waals surface area contributed by atoms with E-state index in [-0.39, 0.29) is 17.0 Å². The Labute approximate surface area is 123 Å². The van der Waals surface area contributed by atoms with Crippen LogP contribution in [0.5, 0.6) is 0 Å². The summed E-state index contributed by atoms with van der Waals surface area (Å²) < 4.78 is 1.10. The van der Waals surface area contributed by atoms with Crippen molar-refractivity contribution in [2.75, 3.05) is 20.1 Å². The van der Waals surface area contributed by atoms with E-state index in [2.05, 4.69) is 31.5 Å². The molecule has 0 saturated heterocycles. The van der Waals surface area contributed by atoms with Gasteiger partial charge in [-0.2, -0.15) is 0 Å². The van der Waals surface area contributed by atoms with Crippen LogP contribution in [0.1, 0.15) is 44.9 Å². The lowest BCUT2D eigenvalue weighted by Gasteiger charge is -2.41. The van der Waals surface area contributed by atoms with Gasteiger partial charge in [0.05, 0.1) is 19.6 Å². The third kappa shape index (κ3) is 4.44. The highest BCUT2D eigenvalue weighted by Gasteiger charge is 2.32. The minimum Gasteiger partial charge on any atom is -1.00 e. The van der Waals surface area contributed by atoms with E-state index < -0.39 is 0 Å². The molecule has 1 nitrogen and oxygen atoms in total. The van der Waals surface area contributed by atoms with E-state index in [0.29, 0.717) is 0 Å². The molecule has 102 valence electrons. The van der Waals surface area contributed by atoms with Crippen molar-refractivity contribution in [3.8, 4) is 11.8 Å². The first-order valence-corrected chi connectivity index (χ1v) is 7.18. The van der Waals surface area contributed by atoms with Gasteiger partial charge in [-0.1, -0.05) is 18.9 Å². The van der Waals surface area contributed by atoms with Crippen LogP contribution in [0.2, 0.25) is 0 Å². The zero-order valence-corrected chi connectivity index (χ0v) is 13.2. The lowest BCUT2D eigenvalue weighted by atomic mass is 9.92. The molecule has 0 aliphatic heterocycles. The van der Waals surface area contributed by atoms with Gasteiger partial charge in [0.2, 0.25) is 0 Å². The SMILES string of the molecule is C=CC[N+](C)(CC#CC1CC1)C1CCCCC1.[Br-]. The number of hydrogen-bond donors (Lipinski definition) is 0. The van der Waals surface area contributed by atoms with Crippen molar-refractivity contribution in [1.82, 2.24) is 0 Å². The van der Waals surface area contributed by atoms with Crippen molar-refractivity contribution in [3.63, 3.8) is 0 Å². The Morgan fingerprint density at radius 1 is 1.17 bits per heavy atom. The Morgan fingerprint density at radius 3 is 2.39 bits per heavy atom. The summed E-state index contributed by atoms with van der Waals surface area (Å²) in [4.78, 5) is 0. The molecule has 0 aromatic carbocycles. The molecule has 0 amide bonds. The van der Waals surface area contributed by atoms with Gasteiger partial charge in [0, 0.05) is 5.92 Å². The van der Waals surface area contributed by atoms with Gasteiger partial charge in [0.1, 0.15) is 6.54 Å². The molecule has 2 aliphatic carbocycles. The normalized spacial score (nSPS) is 23.2. The number of hydrogen-bond acceptors (Lipinski definition) is 0. The standard InChI is InChI=1S/C16H26N.BrH/c1-3-13-17(2,14-7-8-15-11-12-15)16-9-5-4-6-10-16;/h3,15-16H,1,4-6,9-14H2,2H3;1H/q+1;/p-1. The minimum absolute atomic E-state index is 0. The highest BCUT2D eigenvalue weighted by molar-refractivity contribution is 5.09. The van der Waals surface area contributed by atoms with Crippen molar-refractivity contribution in [2.24, 2.45) is 5.92 Å². The van der Waals surface area contributed by atoms with Gasteiger partial charge < -0.3 is 21.5 Å². The van der Waals surface area contributed by atoms with Crippen LogP contribution >= 0.6 is 0 Å². The molecular formula is C16H26BrN. The summed E-state index contributed by atoms with van der Waals surface area (Å²) in [5.74, 6) is 7.59. The first-order chi connectivity index (χ1) is 8.24. The van der Waals surface area contributed by atoms with Crippen molar-refractivity contribution < 1.29 is 21.5 Å². The van der Waals surface area contributed by atoms with Gasteiger partial charge in [-0.05, 0) is 50.5 Å². The average Bonchev–Trinajstić information content (AvgIpc) is 3.15. The van der Waals surface area contributed by atoms with Gasteiger partial charge in [0.15, 0.2) is 0 Å². The summed E-state index contributed by atoms with van der Waals surface area (Å²) in [7, 11) is 2.37. The zero-order valence-electron chi connectivity index (χ0n) is 11.6. The van der Waals surface area contributed by atoms with Crippen molar-refractivity contribution in [2.45, 2.75) is 51.0 Å². The predicted octanol–water partition coefficient (Wildman–Crippen LogP) is 0.369. The van der Waals surface area contributed by atoms with E-state index in [4.69, 9.17) is 0 Å². The molecule has 0 radical (unpaired) electrons. The molecule has 2 fully saturated rings. The fourth-order valence-electron chi connectivity index (χ4n) is 2.94. The first kappa shape index (κ1) is 15.8. The monoisotopic (exact) mass is 311 g/mol. The molecule has 2 heteroatoms. The van der Waals surface area contributed by atoms with Gasteiger partial charge in [-0.3, -0.25) is 0 Å². The second kappa shape index (κ2) is 7.36. The third-order valence-electron chi connectivity index (χ3n) is 4.33. The van der Waals surface area contributed by atoms with Crippen LogP contribution in [0.3, 0.4) is 0 Å². The number of halogens is 1. The van der Waals surface area contributed by atoms with Crippen molar-refractivity contribution in [1.29, 1.82) is 0 Å². The molecule has 2 rings (SSSR count). The maximum absolute atomic E-state index is 3.93. The summed E-state index contributed by atoms with van der Waals surface area (Å²) in [5.41, 5.74) is 0. The van der Waals surface area contributed by atoms with E-state index in [1.165, 1.54) is 44.9 Å². The Bertz CT molecular complexity index is 318. The fraction of sp³-hybridized carbons (Fsp3) is 0.750. The number of rotatable bonds is 4. The van der Waals surface area contributed by atoms with Crippen LogP contribution in [0.25, 0.3) is 0 Å².